The van der Waals surface area contributed by atoms with E-state index >= 15 is 0 Å². The van der Waals surface area contributed by atoms with Crippen LogP contribution < -0.4 is 22.1 Å². The zero-order valence-electron chi connectivity index (χ0n) is 48.4. The number of amides is 1. The fourth-order valence-electron chi connectivity index (χ4n) is 10.2. The third-order valence-corrected chi connectivity index (χ3v) is 18.8. The fraction of sp³-hybridized carbons (Fsp3) is 0.234. The summed E-state index contributed by atoms with van der Waals surface area (Å²) in [6, 6.07) is 35.6. The predicted molar refractivity (Wildman–Crippen MR) is 344 cm³/mol. The van der Waals surface area contributed by atoms with Crippen LogP contribution in [0.15, 0.2) is 171 Å². The number of ketones is 1. The quantitative estimate of drug-likeness (QED) is 0.0864. The van der Waals surface area contributed by atoms with Crippen molar-refractivity contribution in [1.29, 1.82) is 0 Å². The first-order valence-corrected chi connectivity index (χ1v) is 31.9. The number of thiazole rings is 1. The Bertz CT molecular complexity index is 4510. The number of benzene rings is 6. The Morgan fingerprint density at radius 3 is 2.17 bits per heavy atom. The van der Waals surface area contributed by atoms with Crippen molar-refractivity contribution >= 4 is 84.9 Å². The molecule has 1 aliphatic heterocycles. The van der Waals surface area contributed by atoms with Crippen LogP contribution in [-0.4, -0.2) is 89.5 Å². The van der Waals surface area contributed by atoms with Gasteiger partial charge in [0.2, 0.25) is 15.5 Å². The number of alkyl halides is 2. The highest BCUT2D eigenvalue weighted by Gasteiger charge is 2.37. The van der Waals surface area contributed by atoms with E-state index in [1.165, 1.54) is 38.6 Å². The second-order valence-corrected chi connectivity index (χ2v) is 25.6. The highest BCUT2D eigenvalue weighted by molar-refractivity contribution is 7.90. The van der Waals surface area contributed by atoms with E-state index in [1.54, 1.807) is 60.4 Å². The van der Waals surface area contributed by atoms with Gasteiger partial charge in [0.05, 0.1) is 43.7 Å². The van der Waals surface area contributed by atoms with Gasteiger partial charge in [0.25, 0.3) is 22.5 Å². The molecular weight excluding hydrogens is 1260 g/mol. The van der Waals surface area contributed by atoms with E-state index in [1.807, 2.05) is 99.3 Å². The molecule has 1 saturated heterocycles. The summed E-state index contributed by atoms with van der Waals surface area (Å²) >= 11 is 25.5. The van der Waals surface area contributed by atoms with Gasteiger partial charge in [-0.3, -0.25) is 43.0 Å². The lowest BCUT2D eigenvalue weighted by Crippen LogP contribution is -2.45. The van der Waals surface area contributed by atoms with Crippen LogP contribution in [0.5, 0.6) is 0 Å². The molecule has 25 heteroatoms. The minimum absolute atomic E-state index is 0.0574. The van der Waals surface area contributed by atoms with Gasteiger partial charge in [-0.1, -0.05) is 119 Å². The zero-order valence-corrected chi connectivity index (χ0v) is 53.1. The summed E-state index contributed by atoms with van der Waals surface area (Å²) in [5.74, 6) is -3.18. The van der Waals surface area contributed by atoms with Crippen LogP contribution in [-0.2, 0) is 22.0 Å². The summed E-state index contributed by atoms with van der Waals surface area (Å²) in [5, 5.41) is 16.2. The van der Waals surface area contributed by atoms with E-state index in [9.17, 15) is 41.2 Å². The second-order valence-electron chi connectivity index (χ2n) is 21.1. The number of nitrogens with zero attached hydrogens (tertiary/aromatic N) is 8. The number of hydrogen-bond donors (Lipinski definition) is 2. The molecule has 11 rings (SSSR count). The van der Waals surface area contributed by atoms with Crippen LogP contribution in [0.25, 0.3) is 28.1 Å². The number of carbonyl (C=O) groups is 2. The first-order valence-electron chi connectivity index (χ1n) is 27.9. The lowest BCUT2D eigenvalue weighted by atomic mass is 10.0. The molecule has 4 aromatic heterocycles. The molecule has 1 amide bonds. The van der Waals surface area contributed by atoms with Gasteiger partial charge in [0.15, 0.2) is 5.78 Å². The number of rotatable bonds is 16. The number of piperidine rings is 1. The molecule has 1 unspecified atom stereocenters. The van der Waals surface area contributed by atoms with Crippen LogP contribution in [0.3, 0.4) is 0 Å². The molecule has 0 radical (unpaired) electrons. The van der Waals surface area contributed by atoms with Crippen LogP contribution in [0.2, 0.25) is 20.1 Å². The predicted octanol–water partition coefficient (Wildman–Crippen LogP) is 12.8. The number of hydrogen-bond acceptors (Lipinski definition) is 13. The SMILES string of the molecule is Cc1cccc(-n2ccn3c(S(=O)(=O)Cc4ccccc4-c4ccc(Cl)cc4)nnc3c2=O)c1C.Cc1cccc(C)c1C(=O)NCC(c1cncs1)N1CCC(F)(F)CC1.O=C(CCCc1ccc(Cl)c(Cl)c1)c1cc(-n2ncc(=O)[nH]c2=O)ccc1Cl. The lowest BCUT2D eigenvalue weighted by Gasteiger charge is -2.37. The molecule has 10 aromatic rings. The zero-order chi connectivity index (χ0) is 63.7. The fourth-order valence-corrected chi connectivity index (χ4v) is 13.0. The summed E-state index contributed by atoms with van der Waals surface area (Å²) < 4.78 is 57.5. The summed E-state index contributed by atoms with van der Waals surface area (Å²) in [6.07, 6.45) is 7.01. The molecule has 0 saturated carbocycles. The number of aryl methyl sites for hydroxylation is 4. The molecule has 1 atom stereocenters. The minimum atomic E-state index is -3.93. The molecule has 1 aliphatic rings. The van der Waals surface area contributed by atoms with Crippen LogP contribution in [0.4, 0.5) is 8.78 Å². The van der Waals surface area contributed by atoms with Crippen LogP contribution >= 0.6 is 57.7 Å². The Balaban J connectivity index is 0.000000161. The van der Waals surface area contributed by atoms with Crippen molar-refractivity contribution in [2.45, 2.75) is 82.7 Å². The monoisotopic (exact) mass is 1320 g/mol. The Kier molecular flexibility index (Phi) is 21.1. The van der Waals surface area contributed by atoms with Crippen molar-refractivity contribution in [1.82, 2.24) is 49.1 Å². The van der Waals surface area contributed by atoms with Gasteiger partial charge in [-0.2, -0.15) is 9.78 Å². The van der Waals surface area contributed by atoms with E-state index in [0.717, 1.165) is 54.7 Å². The van der Waals surface area contributed by atoms with Crippen molar-refractivity contribution in [2.24, 2.45) is 0 Å². The second kappa shape index (κ2) is 28.6. The molecule has 0 bridgehead atoms. The van der Waals surface area contributed by atoms with E-state index in [2.05, 4.69) is 30.6 Å². The summed E-state index contributed by atoms with van der Waals surface area (Å²) in [7, 11) is -3.93. The number of carbonyl (C=O) groups excluding carboxylic acids is 2. The van der Waals surface area contributed by atoms with Gasteiger partial charge >= 0.3 is 11.2 Å². The molecular formula is C64H58Cl4F2N10O7S2. The topological polar surface area (TPSA) is 216 Å². The third kappa shape index (κ3) is 15.9. The number of H-pyrrole nitrogens is 1. The Morgan fingerprint density at radius 1 is 0.775 bits per heavy atom. The molecule has 1 fully saturated rings. The first kappa shape index (κ1) is 65.4. The number of aromatic nitrogens is 8. The number of nitrogens with one attached hydrogen (secondary N) is 2. The maximum atomic E-state index is 13.5. The van der Waals surface area contributed by atoms with Gasteiger partial charge in [-0.05, 0) is 134 Å². The Labute approximate surface area is 534 Å². The van der Waals surface area contributed by atoms with Crippen molar-refractivity contribution in [2.75, 3.05) is 19.6 Å². The summed E-state index contributed by atoms with van der Waals surface area (Å²) in [5.41, 5.74) is 8.98. The standard InChI is InChI=1S/C26H21ClN4O3S.C19H14Cl3N3O3.C19H23F2N3OS/c1-17-6-5-9-23(18(17)2)30-14-15-31-24(25(30)32)28-29-26(31)35(33,34)16-20-7-3-4-8-22(20)19-10-12-21(27)13-11-19;20-14-7-5-12(25-19(28)24-18(27)10-23-25)9-13(14)17(26)3-1-2-11-4-6-15(21)16(22)8-11;1-13-4-3-5-14(2)17(13)18(25)23-10-15(16-11-22-12-26-16)24-8-6-19(20,21)7-9-24/h3-15H,16H2,1-2H3;4-10H,1-3H2,(H,24,27,28);3-5,11-12,15H,6-10H2,1-2H3,(H,23,25). The molecule has 0 spiro atoms. The number of fused-ring (bicyclic) bond motifs is 1. The van der Waals surface area contributed by atoms with Crippen molar-refractivity contribution < 1.29 is 26.8 Å². The van der Waals surface area contributed by atoms with Gasteiger partial charge in [-0.15, -0.1) is 21.5 Å². The van der Waals surface area contributed by atoms with Crippen molar-refractivity contribution in [3.05, 3.63) is 252 Å². The lowest BCUT2D eigenvalue weighted by molar-refractivity contribution is -0.0629. The first-order chi connectivity index (χ1) is 42.5. The maximum absolute atomic E-state index is 13.5. The molecule has 460 valence electrons. The van der Waals surface area contributed by atoms with Crippen LogP contribution in [0.1, 0.15) is 90.7 Å². The largest absolute Gasteiger partial charge is 0.350 e. The molecule has 5 heterocycles. The van der Waals surface area contributed by atoms with Crippen LogP contribution in [0, 0.1) is 27.7 Å². The number of halogens is 6. The normalized spacial score (nSPS) is 13.4. The maximum Gasteiger partial charge on any atom is 0.349 e. The average Bonchev–Trinajstić information content (AvgIpc) is 1.84. The number of likely N-dealkylation sites (tertiary alicyclic amines) is 1. The Hall–Kier alpha value is -8.02. The number of Topliss-reactive ketones (excluding diaryl/α,β-unsaturated/α-hetero) is 1. The van der Waals surface area contributed by atoms with Crippen molar-refractivity contribution in [3.8, 4) is 22.5 Å². The third-order valence-electron chi connectivity index (χ3n) is 15.0. The van der Waals surface area contributed by atoms with E-state index < -0.39 is 32.6 Å². The van der Waals surface area contributed by atoms with Gasteiger partial charge in [0.1, 0.15) is 6.20 Å². The van der Waals surface area contributed by atoms with E-state index in [4.69, 9.17) is 46.4 Å². The molecule has 2 N–H and O–H groups in total. The highest BCUT2D eigenvalue weighted by atomic mass is 35.5. The molecule has 17 nitrogen and oxygen atoms in total. The van der Waals surface area contributed by atoms with Crippen molar-refractivity contribution in [3.63, 3.8) is 0 Å². The average molecular weight is 1320 g/mol. The molecule has 89 heavy (non-hydrogen) atoms. The number of sulfone groups is 1. The molecule has 6 aromatic carbocycles. The minimum Gasteiger partial charge on any atom is -0.350 e. The van der Waals surface area contributed by atoms with Gasteiger partial charge < -0.3 is 5.32 Å². The highest BCUT2D eigenvalue weighted by Crippen LogP contribution is 2.34. The van der Waals surface area contributed by atoms with Gasteiger partial charge in [0, 0.05) is 78.5 Å². The summed E-state index contributed by atoms with van der Waals surface area (Å²) in [4.78, 5) is 70.8. The smallest absolute Gasteiger partial charge is 0.349 e. The summed E-state index contributed by atoms with van der Waals surface area (Å²) in [6.45, 7) is 8.72. The number of aromatic amines is 1. The van der Waals surface area contributed by atoms with E-state index in [-0.39, 0.29) is 64.1 Å². The molecule has 0 aliphatic carbocycles. The van der Waals surface area contributed by atoms with Gasteiger partial charge in [-0.25, -0.2) is 22.0 Å². The Morgan fingerprint density at radius 2 is 1.47 bits per heavy atom. The van der Waals surface area contributed by atoms with E-state index in [0.29, 0.717) is 70.0 Å².